The SMILES string of the molecule is CC(C)(C)OC(=O)N[C@H](CC(=O)[O-])Cc1ccncc1. The first-order valence-electron chi connectivity index (χ1n) is 6.34. The van der Waals surface area contributed by atoms with E-state index >= 15 is 0 Å². The van der Waals surface area contributed by atoms with Gasteiger partial charge in [-0.15, -0.1) is 0 Å². The van der Waals surface area contributed by atoms with Crippen LogP contribution in [0, 0.1) is 0 Å². The lowest BCUT2D eigenvalue weighted by molar-refractivity contribution is -0.306. The highest BCUT2D eigenvalue weighted by Gasteiger charge is 2.19. The predicted molar refractivity (Wildman–Crippen MR) is 70.7 cm³/mol. The van der Waals surface area contributed by atoms with Crippen LogP contribution in [0.1, 0.15) is 32.8 Å². The van der Waals surface area contributed by atoms with Crippen LogP contribution in [0.3, 0.4) is 0 Å². The summed E-state index contributed by atoms with van der Waals surface area (Å²) in [6.45, 7) is 5.22. The van der Waals surface area contributed by atoms with Crippen LogP contribution in [0.5, 0.6) is 0 Å². The molecule has 6 nitrogen and oxygen atoms in total. The quantitative estimate of drug-likeness (QED) is 0.854. The zero-order chi connectivity index (χ0) is 15.2. The van der Waals surface area contributed by atoms with Crippen LogP contribution < -0.4 is 10.4 Å². The van der Waals surface area contributed by atoms with E-state index in [2.05, 4.69) is 10.3 Å². The molecule has 1 amide bonds. The second kappa shape index (κ2) is 6.88. The lowest BCUT2D eigenvalue weighted by Crippen LogP contribution is -2.43. The van der Waals surface area contributed by atoms with Crippen molar-refractivity contribution in [3.8, 4) is 0 Å². The van der Waals surface area contributed by atoms with Crippen LogP contribution in [-0.4, -0.2) is 28.7 Å². The molecule has 0 bridgehead atoms. The summed E-state index contributed by atoms with van der Waals surface area (Å²) in [5.74, 6) is -1.22. The lowest BCUT2D eigenvalue weighted by Gasteiger charge is -2.24. The van der Waals surface area contributed by atoms with E-state index < -0.39 is 23.7 Å². The van der Waals surface area contributed by atoms with Crippen molar-refractivity contribution in [3.05, 3.63) is 30.1 Å². The first kappa shape index (κ1) is 15.9. The molecule has 0 aliphatic rings. The van der Waals surface area contributed by atoms with E-state index in [1.54, 1.807) is 45.3 Å². The fraction of sp³-hybridized carbons (Fsp3) is 0.500. The van der Waals surface area contributed by atoms with Crippen molar-refractivity contribution < 1.29 is 19.4 Å². The van der Waals surface area contributed by atoms with Gasteiger partial charge in [-0.1, -0.05) is 0 Å². The van der Waals surface area contributed by atoms with Crippen LogP contribution in [0.15, 0.2) is 24.5 Å². The molecule has 1 rings (SSSR count). The second-order valence-electron chi connectivity index (χ2n) is 5.48. The monoisotopic (exact) mass is 279 g/mol. The lowest BCUT2D eigenvalue weighted by atomic mass is 10.0. The molecule has 0 saturated carbocycles. The third-order valence-corrected chi connectivity index (χ3v) is 2.37. The summed E-state index contributed by atoms with van der Waals surface area (Å²) in [7, 11) is 0. The first-order chi connectivity index (χ1) is 9.26. The summed E-state index contributed by atoms with van der Waals surface area (Å²) < 4.78 is 5.11. The molecular formula is C14H19N2O4-. The van der Waals surface area contributed by atoms with E-state index in [0.717, 1.165) is 5.56 Å². The molecule has 1 N–H and O–H groups in total. The number of nitrogens with one attached hydrogen (secondary N) is 1. The van der Waals surface area contributed by atoms with Gasteiger partial charge < -0.3 is 20.0 Å². The Morgan fingerprint density at radius 1 is 1.35 bits per heavy atom. The Labute approximate surface area is 118 Å². The number of aliphatic carboxylic acids is 1. The summed E-state index contributed by atoms with van der Waals surface area (Å²) in [4.78, 5) is 26.3. The summed E-state index contributed by atoms with van der Waals surface area (Å²) in [6, 6.07) is 2.94. The number of hydrogen-bond acceptors (Lipinski definition) is 5. The number of carboxylic acid groups (broad SMARTS) is 1. The minimum Gasteiger partial charge on any atom is -0.550 e. The van der Waals surface area contributed by atoms with Gasteiger partial charge in [0.1, 0.15) is 5.60 Å². The maximum Gasteiger partial charge on any atom is 0.407 e. The van der Waals surface area contributed by atoms with Crippen LogP contribution in [-0.2, 0) is 16.0 Å². The minimum absolute atomic E-state index is 0.276. The number of amides is 1. The van der Waals surface area contributed by atoms with Crippen LogP contribution in [0.25, 0.3) is 0 Å². The largest absolute Gasteiger partial charge is 0.550 e. The molecule has 0 spiro atoms. The van der Waals surface area contributed by atoms with Gasteiger partial charge in [-0.2, -0.15) is 0 Å². The van der Waals surface area contributed by atoms with Crippen LogP contribution >= 0.6 is 0 Å². The average Bonchev–Trinajstić information content (AvgIpc) is 2.26. The Morgan fingerprint density at radius 2 is 1.95 bits per heavy atom. The fourth-order valence-corrected chi connectivity index (χ4v) is 1.65. The Hall–Kier alpha value is -2.11. The molecule has 0 aliphatic heterocycles. The topological polar surface area (TPSA) is 91.3 Å². The third-order valence-electron chi connectivity index (χ3n) is 2.37. The van der Waals surface area contributed by atoms with Gasteiger partial charge in [0.2, 0.25) is 0 Å². The molecule has 1 aromatic heterocycles. The van der Waals surface area contributed by atoms with Crippen molar-refractivity contribution in [1.82, 2.24) is 10.3 Å². The van der Waals surface area contributed by atoms with Crippen LogP contribution in [0.2, 0.25) is 0 Å². The molecule has 0 fully saturated rings. The van der Waals surface area contributed by atoms with Crippen LogP contribution in [0.4, 0.5) is 4.79 Å². The van der Waals surface area contributed by atoms with Gasteiger partial charge in [-0.25, -0.2) is 4.79 Å². The molecular weight excluding hydrogens is 260 g/mol. The summed E-state index contributed by atoms with van der Waals surface area (Å²) in [5, 5.41) is 13.3. The number of ether oxygens (including phenoxy) is 1. The second-order valence-corrected chi connectivity index (χ2v) is 5.48. The number of hydrogen-bond donors (Lipinski definition) is 1. The number of aromatic nitrogens is 1. The molecule has 6 heteroatoms. The standard InChI is InChI=1S/C14H20N2O4/c1-14(2,3)20-13(19)16-11(9-12(17)18)8-10-4-6-15-7-5-10/h4-7,11H,8-9H2,1-3H3,(H,16,19)(H,17,18)/p-1/t11-/m0/s1. The zero-order valence-corrected chi connectivity index (χ0v) is 11.9. The predicted octanol–water partition coefficient (Wildman–Crippen LogP) is 0.657. The Bertz CT molecular complexity index is 454. The number of nitrogens with zero attached hydrogens (tertiary/aromatic N) is 1. The van der Waals surface area contributed by atoms with E-state index in [-0.39, 0.29) is 6.42 Å². The summed E-state index contributed by atoms with van der Waals surface area (Å²) in [6.07, 6.45) is 2.67. The van der Waals surface area contributed by atoms with Gasteiger partial charge in [-0.3, -0.25) is 4.98 Å². The highest BCUT2D eigenvalue weighted by molar-refractivity contribution is 5.70. The molecule has 0 aromatic carbocycles. The van der Waals surface area contributed by atoms with Gasteiger partial charge in [-0.05, 0) is 44.9 Å². The molecule has 20 heavy (non-hydrogen) atoms. The summed E-state index contributed by atoms with van der Waals surface area (Å²) >= 11 is 0. The molecule has 1 atom stereocenters. The van der Waals surface area contributed by atoms with E-state index in [1.807, 2.05) is 0 Å². The van der Waals surface area contributed by atoms with E-state index in [4.69, 9.17) is 4.74 Å². The van der Waals surface area contributed by atoms with Crippen molar-refractivity contribution >= 4 is 12.1 Å². The fourth-order valence-electron chi connectivity index (χ4n) is 1.65. The highest BCUT2D eigenvalue weighted by atomic mass is 16.6. The molecule has 0 saturated heterocycles. The number of alkyl carbamates (subject to hydrolysis) is 1. The Kier molecular flexibility index (Phi) is 5.49. The third kappa shape index (κ3) is 6.72. The van der Waals surface area contributed by atoms with Gasteiger partial charge in [0.25, 0.3) is 0 Å². The molecule has 1 heterocycles. The van der Waals surface area contributed by atoms with Crippen molar-refractivity contribution in [2.75, 3.05) is 0 Å². The van der Waals surface area contributed by atoms with E-state index in [1.165, 1.54) is 0 Å². The molecule has 0 unspecified atom stereocenters. The smallest absolute Gasteiger partial charge is 0.407 e. The maximum absolute atomic E-state index is 11.7. The number of rotatable bonds is 5. The van der Waals surface area contributed by atoms with Crippen molar-refractivity contribution in [2.45, 2.75) is 45.3 Å². The molecule has 0 radical (unpaired) electrons. The number of pyridine rings is 1. The molecule has 0 aliphatic carbocycles. The zero-order valence-electron chi connectivity index (χ0n) is 11.9. The Balaban J connectivity index is 2.65. The van der Waals surface area contributed by atoms with E-state index in [9.17, 15) is 14.7 Å². The highest BCUT2D eigenvalue weighted by Crippen LogP contribution is 2.09. The first-order valence-corrected chi connectivity index (χ1v) is 6.34. The number of carbonyl (C=O) groups excluding carboxylic acids is 2. The van der Waals surface area contributed by atoms with Gasteiger partial charge in [0, 0.05) is 30.8 Å². The van der Waals surface area contributed by atoms with Crippen molar-refractivity contribution in [3.63, 3.8) is 0 Å². The Morgan fingerprint density at radius 3 is 2.45 bits per heavy atom. The summed E-state index contributed by atoms with van der Waals surface area (Å²) in [5.41, 5.74) is 0.245. The molecule has 110 valence electrons. The number of carbonyl (C=O) groups is 2. The van der Waals surface area contributed by atoms with E-state index in [0.29, 0.717) is 6.42 Å². The maximum atomic E-state index is 11.7. The van der Waals surface area contributed by atoms with Crippen molar-refractivity contribution in [2.24, 2.45) is 0 Å². The van der Waals surface area contributed by atoms with Gasteiger partial charge >= 0.3 is 6.09 Å². The van der Waals surface area contributed by atoms with Gasteiger partial charge in [0.05, 0.1) is 0 Å². The van der Waals surface area contributed by atoms with Crippen molar-refractivity contribution in [1.29, 1.82) is 0 Å². The molecule has 1 aromatic rings. The minimum atomic E-state index is -1.22. The average molecular weight is 279 g/mol. The number of carboxylic acids is 1. The van der Waals surface area contributed by atoms with Gasteiger partial charge in [0.15, 0.2) is 0 Å². The normalized spacial score (nSPS) is 12.6.